The molecule has 9 nitrogen and oxygen atoms in total. The number of ether oxygens (including phenoxy) is 1. The van der Waals surface area contributed by atoms with E-state index in [9.17, 15) is 24.3 Å². The van der Waals surface area contributed by atoms with Crippen molar-refractivity contribution >= 4 is 47.2 Å². The molecule has 0 bridgehead atoms. The lowest BCUT2D eigenvalue weighted by molar-refractivity contribution is -0.122. The van der Waals surface area contributed by atoms with Crippen LogP contribution in [-0.2, 0) is 9.59 Å². The molecule has 1 aromatic heterocycles. The van der Waals surface area contributed by atoms with Crippen molar-refractivity contribution in [2.45, 2.75) is 6.92 Å². The molecule has 4 amide bonds. The van der Waals surface area contributed by atoms with Crippen LogP contribution in [0.1, 0.15) is 23.0 Å². The third-order valence-electron chi connectivity index (χ3n) is 4.88. The average Bonchev–Trinajstić information content (AvgIpc) is 3.25. The van der Waals surface area contributed by atoms with Crippen LogP contribution in [-0.4, -0.2) is 35.5 Å². The first-order chi connectivity index (χ1) is 16.3. The van der Waals surface area contributed by atoms with E-state index in [1.807, 2.05) is 0 Å². The molecule has 2 aromatic carbocycles. The molecule has 0 atom stereocenters. The molecule has 172 valence electrons. The molecule has 1 fully saturated rings. The molecular weight excluding hydrogens is 464 g/mol. The molecule has 0 saturated carbocycles. The van der Waals surface area contributed by atoms with E-state index < -0.39 is 23.8 Å². The maximum Gasteiger partial charge on any atom is 0.335 e. The van der Waals surface area contributed by atoms with Crippen molar-refractivity contribution in [3.05, 3.63) is 76.5 Å². The highest BCUT2D eigenvalue weighted by atomic mass is 35.5. The van der Waals surface area contributed by atoms with Gasteiger partial charge in [-0.1, -0.05) is 17.7 Å². The number of nitrogens with zero attached hydrogens (tertiary/aromatic N) is 1. The first-order valence-electron chi connectivity index (χ1n) is 10.1. The largest absolute Gasteiger partial charge is 0.494 e. The molecule has 10 heteroatoms. The Hall–Kier alpha value is -4.37. The van der Waals surface area contributed by atoms with Gasteiger partial charge in [-0.15, -0.1) is 0 Å². The van der Waals surface area contributed by atoms with Crippen LogP contribution >= 0.6 is 11.6 Å². The lowest BCUT2D eigenvalue weighted by Crippen LogP contribution is -2.54. The topological polar surface area (TPSA) is 126 Å². The van der Waals surface area contributed by atoms with Crippen LogP contribution in [0.2, 0.25) is 5.02 Å². The Balaban J connectivity index is 1.68. The SMILES string of the molecule is CCOc1cccc(N2C(=O)NC(=O)/C(=C\c3ccc(-c4cc(C(=O)O)ccc4Cl)o3)C2=O)c1. The van der Waals surface area contributed by atoms with E-state index in [0.717, 1.165) is 4.90 Å². The summed E-state index contributed by atoms with van der Waals surface area (Å²) in [7, 11) is 0. The predicted molar refractivity (Wildman–Crippen MR) is 123 cm³/mol. The summed E-state index contributed by atoms with van der Waals surface area (Å²) in [5.74, 6) is -2.03. The number of rotatable bonds is 6. The van der Waals surface area contributed by atoms with Gasteiger partial charge in [0.05, 0.1) is 22.9 Å². The predicted octanol–water partition coefficient (Wildman–Crippen LogP) is 4.36. The van der Waals surface area contributed by atoms with Gasteiger partial charge in [-0.05, 0) is 55.5 Å². The molecule has 1 saturated heterocycles. The number of carboxylic acids is 1. The molecule has 2 N–H and O–H groups in total. The number of amides is 4. The number of aromatic carboxylic acids is 1. The van der Waals surface area contributed by atoms with Crippen LogP contribution in [0.4, 0.5) is 10.5 Å². The number of hydrogen-bond acceptors (Lipinski definition) is 6. The van der Waals surface area contributed by atoms with E-state index >= 15 is 0 Å². The lowest BCUT2D eigenvalue weighted by atomic mass is 10.1. The van der Waals surface area contributed by atoms with Gasteiger partial charge >= 0.3 is 12.0 Å². The maximum atomic E-state index is 13.1. The first kappa shape index (κ1) is 22.8. The van der Waals surface area contributed by atoms with Gasteiger partial charge < -0.3 is 14.3 Å². The third kappa shape index (κ3) is 4.41. The Kier molecular flexibility index (Phi) is 6.20. The number of hydrogen-bond donors (Lipinski definition) is 2. The fraction of sp³-hybridized carbons (Fsp3) is 0.0833. The average molecular weight is 481 g/mol. The minimum atomic E-state index is -1.13. The van der Waals surface area contributed by atoms with Crippen LogP contribution in [0.15, 0.2) is 64.6 Å². The summed E-state index contributed by atoms with van der Waals surface area (Å²) in [5, 5.41) is 11.6. The number of barbiturate groups is 1. The fourth-order valence-electron chi connectivity index (χ4n) is 3.34. The van der Waals surface area contributed by atoms with Crippen molar-refractivity contribution < 1.29 is 33.4 Å². The van der Waals surface area contributed by atoms with Crippen molar-refractivity contribution in [1.29, 1.82) is 0 Å². The Morgan fingerprint density at radius 2 is 1.94 bits per heavy atom. The smallest absolute Gasteiger partial charge is 0.335 e. The highest BCUT2D eigenvalue weighted by Crippen LogP contribution is 2.32. The standard InChI is InChI=1S/C24H17ClN2O7/c1-2-33-15-5-3-4-14(11-15)27-22(29)18(21(28)26-24(27)32)12-16-7-9-20(34-16)17-10-13(23(30)31)6-8-19(17)25/h3-12H,2H2,1H3,(H,30,31)(H,26,28,32)/b18-12+. The van der Waals surface area contributed by atoms with E-state index in [-0.39, 0.29) is 33.4 Å². The number of furan rings is 1. The van der Waals surface area contributed by atoms with Gasteiger partial charge in [-0.25, -0.2) is 14.5 Å². The number of carboxylic acid groups (broad SMARTS) is 1. The highest BCUT2D eigenvalue weighted by molar-refractivity contribution is 6.39. The van der Waals surface area contributed by atoms with E-state index in [1.54, 1.807) is 19.1 Å². The maximum absolute atomic E-state index is 13.1. The Labute approximate surface area is 198 Å². The Morgan fingerprint density at radius 1 is 1.15 bits per heavy atom. The Bertz CT molecular complexity index is 1360. The number of benzene rings is 2. The zero-order chi connectivity index (χ0) is 24.4. The molecule has 0 unspecified atom stereocenters. The summed E-state index contributed by atoms with van der Waals surface area (Å²) in [6.07, 6.45) is 1.20. The number of imide groups is 2. The second-order valence-electron chi connectivity index (χ2n) is 7.09. The van der Waals surface area contributed by atoms with Crippen molar-refractivity contribution in [1.82, 2.24) is 5.32 Å². The van der Waals surface area contributed by atoms with E-state index in [1.165, 1.54) is 48.5 Å². The minimum Gasteiger partial charge on any atom is -0.494 e. The van der Waals surface area contributed by atoms with Crippen molar-refractivity contribution in [2.24, 2.45) is 0 Å². The molecule has 3 aromatic rings. The van der Waals surface area contributed by atoms with Gasteiger partial charge in [0.15, 0.2) is 0 Å². The summed E-state index contributed by atoms with van der Waals surface area (Å²) >= 11 is 6.18. The third-order valence-corrected chi connectivity index (χ3v) is 5.21. The Morgan fingerprint density at radius 3 is 2.68 bits per heavy atom. The normalized spacial score (nSPS) is 14.9. The molecular formula is C24H17ClN2O7. The zero-order valence-corrected chi connectivity index (χ0v) is 18.5. The van der Waals surface area contributed by atoms with Crippen molar-refractivity contribution in [2.75, 3.05) is 11.5 Å². The van der Waals surface area contributed by atoms with Crippen LogP contribution < -0.4 is 15.0 Å². The minimum absolute atomic E-state index is 0.0148. The molecule has 0 radical (unpaired) electrons. The molecule has 1 aliphatic heterocycles. The molecule has 0 aliphatic carbocycles. The van der Waals surface area contributed by atoms with Crippen LogP contribution in [0.5, 0.6) is 5.75 Å². The van der Waals surface area contributed by atoms with Gasteiger partial charge in [-0.2, -0.15) is 0 Å². The number of urea groups is 1. The van der Waals surface area contributed by atoms with E-state index in [0.29, 0.717) is 17.9 Å². The summed E-state index contributed by atoms with van der Waals surface area (Å²) in [5.41, 5.74) is 0.244. The molecule has 2 heterocycles. The van der Waals surface area contributed by atoms with Gasteiger partial charge in [0.25, 0.3) is 11.8 Å². The highest BCUT2D eigenvalue weighted by Gasteiger charge is 2.37. The van der Waals surface area contributed by atoms with Gasteiger partial charge in [0.2, 0.25) is 0 Å². The monoisotopic (exact) mass is 480 g/mol. The van der Waals surface area contributed by atoms with Crippen molar-refractivity contribution in [3.63, 3.8) is 0 Å². The van der Waals surface area contributed by atoms with E-state index in [4.69, 9.17) is 20.8 Å². The molecule has 34 heavy (non-hydrogen) atoms. The first-order valence-corrected chi connectivity index (χ1v) is 10.4. The van der Waals surface area contributed by atoms with Crippen LogP contribution in [0.3, 0.4) is 0 Å². The van der Waals surface area contributed by atoms with E-state index in [2.05, 4.69) is 5.32 Å². The van der Waals surface area contributed by atoms with Gasteiger partial charge in [-0.3, -0.25) is 14.9 Å². The van der Waals surface area contributed by atoms with Crippen LogP contribution in [0.25, 0.3) is 17.4 Å². The number of anilines is 1. The summed E-state index contributed by atoms with van der Waals surface area (Å²) in [4.78, 5) is 50.0. The number of carbonyl (C=O) groups is 4. The number of halogens is 1. The molecule has 1 aliphatic rings. The zero-order valence-electron chi connectivity index (χ0n) is 17.7. The number of carbonyl (C=O) groups excluding carboxylic acids is 3. The van der Waals surface area contributed by atoms with Gasteiger partial charge in [0, 0.05) is 11.6 Å². The van der Waals surface area contributed by atoms with Gasteiger partial charge in [0.1, 0.15) is 22.8 Å². The molecule has 4 rings (SSSR count). The number of nitrogens with one attached hydrogen (secondary N) is 1. The fourth-order valence-corrected chi connectivity index (χ4v) is 3.55. The summed E-state index contributed by atoms with van der Waals surface area (Å²) < 4.78 is 11.1. The second kappa shape index (κ2) is 9.24. The summed E-state index contributed by atoms with van der Waals surface area (Å²) in [6, 6.07) is 12.6. The second-order valence-corrected chi connectivity index (χ2v) is 7.50. The lowest BCUT2D eigenvalue weighted by Gasteiger charge is -2.26. The molecule has 0 spiro atoms. The summed E-state index contributed by atoms with van der Waals surface area (Å²) in [6.45, 7) is 2.20. The van der Waals surface area contributed by atoms with Crippen molar-refractivity contribution in [3.8, 4) is 17.1 Å². The van der Waals surface area contributed by atoms with Crippen LogP contribution in [0, 0.1) is 0 Å². The quantitative estimate of drug-likeness (QED) is 0.396.